The summed E-state index contributed by atoms with van der Waals surface area (Å²) in [6.45, 7) is 1.31. The summed E-state index contributed by atoms with van der Waals surface area (Å²) in [5.41, 5.74) is 1.57. The van der Waals surface area contributed by atoms with Crippen LogP contribution in [0.2, 0.25) is 0 Å². The van der Waals surface area contributed by atoms with E-state index >= 15 is 0 Å². The van der Waals surface area contributed by atoms with E-state index in [0.717, 1.165) is 12.0 Å². The first-order valence-electron chi connectivity index (χ1n) is 8.44. The van der Waals surface area contributed by atoms with Gasteiger partial charge in [-0.2, -0.15) is 0 Å². The van der Waals surface area contributed by atoms with Gasteiger partial charge in [0, 0.05) is 32.4 Å². The van der Waals surface area contributed by atoms with Crippen molar-refractivity contribution in [3.8, 4) is 0 Å². The van der Waals surface area contributed by atoms with Gasteiger partial charge in [-0.1, -0.05) is 30.3 Å². The molecule has 2 aromatic carbocycles. The Balaban J connectivity index is 1.86. The predicted octanol–water partition coefficient (Wildman–Crippen LogP) is 1.97. The molecule has 0 fully saturated rings. The van der Waals surface area contributed by atoms with Crippen LogP contribution in [0.4, 0.5) is 0 Å². The smallest absolute Gasteiger partial charge is 0.251 e. The fraction of sp³-hybridized carbons (Fsp3) is 0.316. The number of hydrogen-bond acceptors (Lipinski definition) is 4. The highest BCUT2D eigenvalue weighted by Crippen LogP contribution is 2.10. The topological polar surface area (TPSA) is 84.5 Å². The maximum absolute atomic E-state index is 12.2. The Bertz CT molecular complexity index is 790. The van der Waals surface area contributed by atoms with Crippen LogP contribution in [0.1, 0.15) is 22.3 Å². The van der Waals surface area contributed by atoms with E-state index in [1.807, 2.05) is 30.3 Å². The van der Waals surface area contributed by atoms with Crippen molar-refractivity contribution >= 4 is 15.9 Å². The van der Waals surface area contributed by atoms with Crippen LogP contribution in [0.3, 0.4) is 0 Å². The lowest BCUT2D eigenvalue weighted by Gasteiger charge is -2.08. The molecule has 0 radical (unpaired) electrons. The van der Waals surface area contributed by atoms with E-state index in [1.54, 1.807) is 7.11 Å². The minimum absolute atomic E-state index is 0.135. The van der Waals surface area contributed by atoms with Crippen LogP contribution in [0.15, 0.2) is 59.5 Å². The SMILES string of the molecule is COCCCNS(=O)(=O)c1ccc(C(=O)NCCc2ccccc2)cc1. The zero-order valence-electron chi connectivity index (χ0n) is 14.8. The number of benzene rings is 2. The Labute approximate surface area is 154 Å². The summed E-state index contributed by atoms with van der Waals surface area (Å²) in [5.74, 6) is -0.224. The highest BCUT2D eigenvalue weighted by molar-refractivity contribution is 7.89. The van der Waals surface area contributed by atoms with Gasteiger partial charge in [0.15, 0.2) is 0 Å². The van der Waals surface area contributed by atoms with Gasteiger partial charge in [0.2, 0.25) is 10.0 Å². The van der Waals surface area contributed by atoms with Gasteiger partial charge in [0.25, 0.3) is 5.91 Å². The summed E-state index contributed by atoms with van der Waals surface area (Å²) < 4.78 is 31.7. The Morgan fingerprint density at radius 3 is 2.35 bits per heavy atom. The Morgan fingerprint density at radius 1 is 1.00 bits per heavy atom. The van der Waals surface area contributed by atoms with Gasteiger partial charge in [-0.15, -0.1) is 0 Å². The summed E-state index contributed by atoms with van der Waals surface area (Å²) in [6.07, 6.45) is 1.34. The van der Waals surface area contributed by atoms with Gasteiger partial charge in [-0.25, -0.2) is 13.1 Å². The molecule has 0 aliphatic heterocycles. The first-order chi connectivity index (χ1) is 12.5. The van der Waals surface area contributed by atoms with Crippen molar-refractivity contribution in [1.29, 1.82) is 0 Å². The van der Waals surface area contributed by atoms with E-state index in [9.17, 15) is 13.2 Å². The van der Waals surface area contributed by atoms with Gasteiger partial charge in [-0.3, -0.25) is 4.79 Å². The zero-order valence-corrected chi connectivity index (χ0v) is 15.6. The Morgan fingerprint density at radius 2 is 1.69 bits per heavy atom. The number of ether oxygens (including phenoxy) is 1. The van der Waals surface area contributed by atoms with E-state index < -0.39 is 10.0 Å². The maximum Gasteiger partial charge on any atom is 0.251 e. The molecule has 7 heteroatoms. The number of carbonyl (C=O) groups excluding carboxylic acids is 1. The van der Waals surface area contributed by atoms with Crippen molar-refractivity contribution in [2.45, 2.75) is 17.7 Å². The lowest BCUT2D eigenvalue weighted by Crippen LogP contribution is -2.27. The quantitative estimate of drug-likeness (QED) is 0.621. The molecule has 0 spiro atoms. The van der Waals surface area contributed by atoms with Gasteiger partial charge in [0.05, 0.1) is 4.90 Å². The molecule has 140 valence electrons. The van der Waals surface area contributed by atoms with E-state index in [2.05, 4.69) is 10.0 Å². The highest BCUT2D eigenvalue weighted by Gasteiger charge is 2.14. The van der Waals surface area contributed by atoms with Gasteiger partial charge < -0.3 is 10.1 Å². The van der Waals surface area contributed by atoms with Crippen LogP contribution in [0.25, 0.3) is 0 Å². The maximum atomic E-state index is 12.2. The molecule has 0 saturated carbocycles. The monoisotopic (exact) mass is 376 g/mol. The minimum Gasteiger partial charge on any atom is -0.385 e. The van der Waals surface area contributed by atoms with Gasteiger partial charge in [-0.05, 0) is 42.7 Å². The molecule has 0 aromatic heterocycles. The number of nitrogens with one attached hydrogen (secondary N) is 2. The molecule has 0 atom stereocenters. The molecule has 2 rings (SSSR count). The van der Waals surface area contributed by atoms with Crippen molar-refractivity contribution in [3.63, 3.8) is 0 Å². The first kappa shape index (κ1) is 20.1. The summed E-state index contributed by atoms with van der Waals surface area (Å²) in [6, 6.07) is 15.8. The third-order valence-corrected chi connectivity index (χ3v) is 5.26. The standard InChI is InChI=1S/C19H24N2O4S/c1-25-15-5-13-21-26(23,24)18-10-8-17(9-11-18)19(22)20-14-12-16-6-3-2-4-7-16/h2-4,6-11,21H,5,12-15H2,1H3,(H,20,22). The second kappa shape index (κ2) is 10.1. The minimum atomic E-state index is -3.57. The lowest BCUT2D eigenvalue weighted by atomic mass is 10.1. The molecule has 0 unspecified atom stereocenters. The molecule has 6 nitrogen and oxygen atoms in total. The Kier molecular flexibility index (Phi) is 7.77. The number of rotatable bonds is 10. The molecule has 0 aliphatic carbocycles. The summed E-state index contributed by atoms with van der Waals surface area (Å²) >= 11 is 0. The molecule has 0 heterocycles. The van der Waals surface area contributed by atoms with E-state index in [0.29, 0.717) is 31.7 Å². The normalized spacial score (nSPS) is 11.3. The molecule has 1 amide bonds. The van der Waals surface area contributed by atoms with Crippen LogP contribution >= 0.6 is 0 Å². The zero-order chi connectivity index (χ0) is 18.8. The van der Waals surface area contributed by atoms with Crippen molar-refractivity contribution in [2.75, 3.05) is 26.8 Å². The second-order valence-electron chi connectivity index (χ2n) is 5.76. The average molecular weight is 376 g/mol. The number of carbonyl (C=O) groups is 1. The summed E-state index contributed by atoms with van der Waals surface area (Å²) in [7, 11) is -2.01. The van der Waals surface area contributed by atoms with Crippen molar-refractivity contribution in [3.05, 3.63) is 65.7 Å². The van der Waals surface area contributed by atoms with Crippen molar-refractivity contribution in [2.24, 2.45) is 0 Å². The molecule has 0 aliphatic rings. The third kappa shape index (κ3) is 6.25. The number of methoxy groups -OCH3 is 1. The lowest BCUT2D eigenvalue weighted by molar-refractivity contribution is 0.0954. The fourth-order valence-electron chi connectivity index (χ4n) is 2.36. The molecular weight excluding hydrogens is 352 g/mol. The summed E-state index contributed by atoms with van der Waals surface area (Å²) in [5, 5.41) is 2.84. The van der Waals surface area contributed by atoms with Crippen LogP contribution in [-0.4, -0.2) is 41.1 Å². The largest absolute Gasteiger partial charge is 0.385 e. The van der Waals surface area contributed by atoms with Crippen LogP contribution < -0.4 is 10.0 Å². The number of sulfonamides is 1. The molecule has 0 saturated heterocycles. The van der Waals surface area contributed by atoms with E-state index in [1.165, 1.54) is 24.3 Å². The molecule has 2 aromatic rings. The van der Waals surface area contributed by atoms with Gasteiger partial charge in [0.1, 0.15) is 0 Å². The first-order valence-corrected chi connectivity index (χ1v) is 9.92. The van der Waals surface area contributed by atoms with E-state index in [4.69, 9.17) is 4.74 Å². The predicted molar refractivity (Wildman–Crippen MR) is 101 cm³/mol. The van der Waals surface area contributed by atoms with Gasteiger partial charge >= 0.3 is 0 Å². The third-order valence-electron chi connectivity index (χ3n) is 3.79. The van der Waals surface area contributed by atoms with Crippen molar-refractivity contribution in [1.82, 2.24) is 10.0 Å². The van der Waals surface area contributed by atoms with Crippen molar-refractivity contribution < 1.29 is 17.9 Å². The molecular formula is C19H24N2O4S. The van der Waals surface area contributed by atoms with Crippen LogP contribution in [0.5, 0.6) is 0 Å². The Hall–Kier alpha value is -2.22. The molecule has 2 N–H and O–H groups in total. The molecule has 0 bridgehead atoms. The van der Waals surface area contributed by atoms with Crippen LogP contribution in [0, 0.1) is 0 Å². The average Bonchev–Trinajstić information content (AvgIpc) is 2.66. The number of amides is 1. The molecule has 26 heavy (non-hydrogen) atoms. The second-order valence-corrected chi connectivity index (χ2v) is 7.53. The van der Waals surface area contributed by atoms with E-state index in [-0.39, 0.29) is 10.8 Å². The van der Waals surface area contributed by atoms with Crippen LogP contribution in [-0.2, 0) is 21.2 Å². The number of hydrogen-bond donors (Lipinski definition) is 2. The fourth-order valence-corrected chi connectivity index (χ4v) is 3.43. The highest BCUT2D eigenvalue weighted by atomic mass is 32.2. The summed E-state index contributed by atoms with van der Waals surface area (Å²) in [4.78, 5) is 12.3.